The van der Waals surface area contributed by atoms with Crippen molar-refractivity contribution in [3.05, 3.63) is 39.7 Å². The largest absolute Gasteiger partial charge is 0.397 e. The Hall–Kier alpha value is -1.50. The number of nitriles is 1. The first-order chi connectivity index (χ1) is 7.61. The van der Waals surface area contributed by atoms with E-state index in [9.17, 15) is 0 Å². The van der Waals surface area contributed by atoms with Gasteiger partial charge in [0.25, 0.3) is 0 Å². The van der Waals surface area contributed by atoms with Crippen LogP contribution < -0.4 is 5.73 Å². The second kappa shape index (κ2) is 4.17. The van der Waals surface area contributed by atoms with E-state index in [2.05, 4.69) is 6.07 Å². The maximum absolute atomic E-state index is 8.84. The molecule has 1 aromatic heterocycles. The lowest BCUT2D eigenvalue weighted by molar-refractivity contribution is 1.48. The summed E-state index contributed by atoms with van der Waals surface area (Å²) in [7, 11) is 0. The summed E-state index contributed by atoms with van der Waals surface area (Å²) in [6.45, 7) is 1.99. The summed E-state index contributed by atoms with van der Waals surface area (Å²) in [5.74, 6) is 0. The molecule has 1 heterocycles. The van der Waals surface area contributed by atoms with Crippen LogP contribution in [-0.4, -0.2) is 0 Å². The summed E-state index contributed by atoms with van der Waals surface area (Å²) in [4.78, 5) is 1.46. The molecule has 2 nitrogen and oxygen atoms in total. The van der Waals surface area contributed by atoms with Crippen molar-refractivity contribution in [3.8, 4) is 16.5 Å². The van der Waals surface area contributed by atoms with Gasteiger partial charge in [-0.15, -0.1) is 11.3 Å². The van der Waals surface area contributed by atoms with Gasteiger partial charge in [-0.05, 0) is 24.6 Å². The molecule has 0 radical (unpaired) electrons. The number of nitrogens with two attached hydrogens (primary N) is 1. The summed E-state index contributed by atoms with van der Waals surface area (Å²) < 4.78 is 0. The predicted molar refractivity (Wildman–Crippen MR) is 68.6 cm³/mol. The summed E-state index contributed by atoms with van der Waals surface area (Å²) in [6, 6.07) is 9.70. The first-order valence-corrected chi connectivity index (χ1v) is 5.87. The fourth-order valence-electron chi connectivity index (χ4n) is 1.45. The first-order valence-electron chi connectivity index (χ1n) is 4.67. The van der Waals surface area contributed by atoms with E-state index in [1.54, 1.807) is 6.07 Å². The van der Waals surface area contributed by atoms with Crippen molar-refractivity contribution in [1.29, 1.82) is 5.26 Å². The SMILES string of the molecule is Cc1ccc(-c2cc(N)c(C#N)s2)c(Cl)c1. The van der Waals surface area contributed by atoms with Gasteiger partial charge in [0, 0.05) is 15.5 Å². The maximum atomic E-state index is 8.84. The van der Waals surface area contributed by atoms with E-state index in [0.717, 1.165) is 16.0 Å². The van der Waals surface area contributed by atoms with Crippen LogP contribution in [0.25, 0.3) is 10.4 Å². The normalized spacial score (nSPS) is 10.1. The highest BCUT2D eigenvalue weighted by Crippen LogP contribution is 2.36. The number of halogens is 1. The van der Waals surface area contributed by atoms with Crippen LogP contribution in [0, 0.1) is 18.3 Å². The number of nitrogen functional groups attached to an aromatic ring is 1. The number of anilines is 1. The van der Waals surface area contributed by atoms with E-state index >= 15 is 0 Å². The zero-order valence-electron chi connectivity index (χ0n) is 8.62. The van der Waals surface area contributed by atoms with Crippen molar-refractivity contribution in [2.75, 3.05) is 5.73 Å². The third kappa shape index (κ3) is 1.90. The molecule has 4 heteroatoms. The molecule has 0 aliphatic rings. The summed E-state index contributed by atoms with van der Waals surface area (Å²) >= 11 is 7.51. The molecule has 0 amide bonds. The van der Waals surface area contributed by atoms with Crippen LogP contribution in [0.1, 0.15) is 10.4 Å². The molecular formula is C12H9ClN2S. The molecule has 0 spiro atoms. The van der Waals surface area contributed by atoms with E-state index in [-0.39, 0.29) is 0 Å². The number of thiophene rings is 1. The zero-order chi connectivity index (χ0) is 11.7. The summed E-state index contributed by atoms with van der Waals surface area (Å²) in [5, 5.41) is 9.53. The second-order valence-electron chi connectivity index (χ2n) is 3.49. The van der Waals surface area contributed by atoms with Gasteiger partial charge in [-0.2, -0.15) is 5.26 Å². The van der Waals surface area contributed by atoms with E-state index < -0.39 is 0 Å². The minimum absolute atomic E-state index is 0.513. The fraction of sp³-hybridized carbons (Fsp3) is 0.0833. The number of benzene rings is 1. The van der Waals surface area contributed by atoms with Crippen molar-refractivity contribution in [2.45, 2.75) is 6.92 Å². The zero-order valence-corrected chi connectivity index (χ0v) is 10.2. The Bertz CT molecular complexity index is 581. The number of aryl methyl sites for hydroxylation is 1. The summed E-state index contributed by atoms with van der Waals surface area (Å²) in [6.07, 6.45) is 0. The van der Waals surface area contributed by atoms with Crippen molar-refractivity contribution in [2.24, 2.45) is 0 Å². The third-order valence-corrected chi connectivity index (χ3v) is 3.65. The monoisotopic (exact) mass is 248 g/mol. The topological polar surface area (TPSA) is 49.8 Å². The van der Waals surface area contributed by atoms with Crippen molar-refractivity contribution >= 4 is 28.6 Å². The van der Waals surface area contributed by atoms with Crippen LogP contribution >= 0.6 is 22.9 Å². The summed E-state index contributed by atoms with van der Waals surface area (Å²) in [5.41, 5.74) is 8.26. The average molecular weight is 249 g/mol. The Morgan fingerprint density at radius 3 is 2.69 bits per heavy atom. The molecule has 1 aromatic carbocycles. The van der Waals surface area contributed by atoms with Gasteiger partial charge in [-0.25, -0.2) is 0 Å². The van der Waals surface area contributed by atoms with Crippen molar-refractivity contribution in [1.82, 2.24) is 0 Å². The van der Waals surface area contributed by atoms with E-state index in [1.165, 1.54) is 11.3 Å². The van der Waals surface area contributed by atoms with E-state index in [4.69, 9.17) is 22.6 Å². The van der Waals surface area contributed by atoms with Gasteiger partial charge in [-0.3, -0.25) is 0 Å². The molecule has 0 atom stereocenters. The number of hydrogen-bond donors (Lipinski definition) is 1. The van der Waals surface area contributed by atoms with Gasteiger partial charge in [0.05, 0.1) is 5.69 Å². The predicted octanol–water partition coefficient (Wildman–Crippen LogP) is 3.83. The highest BCUT2D eigenvalue weighted by atomic mass is 35.5. The van der Waals surface area contributed by atoms with Gasteiger partial charge >= 0.3 is 0 Å². The molecule has 0 aliphatic carbocycles. The lowest BCUT2D eigenvalue weighted by Gasteiger charge is -2.01. The lowest BCUT2D eigenvalue weighted by atomic mass is 10.1. The number of hydrogen-bond acceptors (Lipinski definition) is 3. The van der Waals surface area contributed by atoms with Crippen LogP contribution in [0.2, 0.25) is 5.02 Å². The molecule has 2 aromatic rings. The lowest BCUT2D eigenvalue weighted by Crippen LogP contribution is -1.82. The Balaban J connectivity index is 2.55. The van der Waals surface area contributed by atoms with Gasteiger partial charge in [-0.1, -0.05) is 23.7 Å². The Morgan fingerprint density at radius 1 is 1.38 bits per heavy atom. The van der Waals surface area contributed by atoms with Crippen molar-refractivity contribution < 1.29 is 0 Å². The van der Waals surface area contributed by atoms with E-state index in [1.807, 2.05) is 25.1 Å². The molecule has 0 bridgehead atoms. The second-order valence-corrected chi connectivity index (χ2v) is 4.95. The molecule has 16 heavy (non-hydrogen) atoms. The maximum Gasteiger partial charge on any atom is 0.128 e. The van der Waals surface area contributed by atoms with Crippen LogP contribution in [0.5, 0.6) is 0 Å². The Morgan fingerprint density at radius 2 is 2.12 bits per heavy atom. The highest BCUT2D eigenvalue weighted by Gasteiger charge is 2.10. The highest BCUT2D eigenvalue weighted by molar-refractivity contribution is 7.16. The Kier molecular flexibility index (Phi) is 2.86. The van der Waals surface area contributed by atoms with Gasteiger partial charge in [0.2, 0.25) is 0 Å². The van der Waals surface area contributed by atoms with Crippen LogP contribution in [0.3, 0.4) is 0 Å². The van der Waals surface area contributed by atoms with Crippen LogP contribution in [0.15, 0.2) is 24.3 Å². The Labute approximate surface area is 103 Å². The molecule has 80 valence electrons. The van der Waals surface area contributed by atoms with Gasteiger partial charge in [0.15, 0.2) is 0 Å². The first kappa shape index (κ1) is 11.0. The number of nitrogens with zero attached hydrogens (tertiary/aromatic N) is 1. The molecule has 0 saturated heterocycles. The minimum Gasteiger partial charge on any atom is -0.397 e. The van der Waals surface area contributed by atoms with E-state index in [0.29, 0.717) is 15.6 Å². The number of rotatable bonds is 1. The third-order valence-electron chi connectivity index (χ3n) is 2.25. The molecule has 0 aliphatic heterocycles. The minimum atomic E-state index is 0.513. The molecular weight excluding hydrogens is 240 g/mol. The van der Waals surface area contributed by atoms with Crippen LogP contribution in [0.4, 0.5) is 5.69 Å². The smallest absolute Gasteiger partial charge is 0.128 e. The molecule has 2 rings (SSSR count). The molecule has 2 N–H and O–H groups in total. The average Bonchev–Trinajstić information content (AvgIpc) is 2.59. The van der Waals surface area contributed by atoms with Gasteiger partial charge < -0.3 is 5.73 Å². The van der Waals surface area contributed by atoms with Crippen LogP contribution in [-0.2, 0) is 0 Å². The molecule has 0 fully saturated rings. The quantitative estimate of drug-likeness (QED) is 0.834. The standard InChI is InChI=1S/C12H9ClN2S/c1-7-2-3-8(9(13)4-7)11-5-10(15)12(6-14)16-11/h2-5H,15H2,1H3. The van der Waals surface area contributed by atoms with Gasteiger partial charge in [0.1, 0.15) is 10.9 Å². The fourth-order valence-corrected chi connectivity index (χ4v) is 2.75. The molecule has 0 saturated carbocycles. The van der Waals surface area contributed by atoms with Crippen molar-refractivity contribution in [3.63, 3.8) is 0 Å². The molecule has 0 unspecified atom stereocenters.